The first-order valence-corrected chi connectivity index (χ1v) is 22.5. The number of nitrogens with two attached hydrogens (primary N) is 2. The number of carbonyl (C=O) groups is 5. The maximum atomic E-state index is 14.9. The Morgan fingerprint density at radius 1 is 0.597 bits per heavy atom. The minimum absolute atomic E-state index is 0. The number of esters is 2. The van der Waals surface area contributed by atoms with E-state index in [0.717, 1.165) is 11.1 Å². The lowest BCUT2D eigenvalue weighted by Gasteiger charge is -2.33. The van der Waals surface area contributed by atoms with E-state index in [4.69, 9.17) is 30.0 Å². The maximum Gasteiger partial charge on any atom is 0.354 e. The summed E-state index contributed by atoms with van der Waals surface area (Å²) in [6.45, 7) is 9.78. The first-order valence-electron chi connectivity index (χ1n) is 20.8. The zero-order valence-electron chi connectivity index (χ0n) is 36.5. The third kappa shape index (κ3) is 18.0. The van der Waals surface area contributed by atoms with Gasteiger partial charge in [0.05, 0.1) is 25.3 Å². The summed E-state index contributed by atoms with van der Waals surface area (Å²) >= 11 is 0. The predicted octanol–water partition coefficient (Wildman–Crippen LogP) is 5.33. The number of hydrogen-bond donors (Lipinski definition) is 5. The third-order valence-electron chi connectivity index (χ3n) is 9.41. The number of hydrogen-bond acceptors (Lipinski definition) is 12. The molecule has 0 radical (unpaired) electrons. The average molecular weight is 902 g/mol. The van der Waals surface area contributed by atoms with Gasteiger partial charge in [-0.15, -0.1) is 12.4 Å². The van der Waals surface area contributed by atoms with Crippen LogP contribution in [0.2, 0.25) is 0 Å². The van der Waals surface area contributed by atoms with Gasteiger partial charge >= 0.3 is 19.5 Å². The summed E-state index contributed by atoms with van der Waals surface area (Å²) < 4.78 is 37.5. The second kappa shape index (κ2) is 27.4. The lowest BCUT2D eigenvalue weighted by Crippen LogP contribution is -2.57. The van der Waals surface area contributed by atoms with Crippen LogP contribution in [0.25, 0.3) is 0 Å². The van der Waals surface area contributed by atoms with Crippen molar-refractivity contribution in [3.8, 4) is 0 Å². The summed E-state index contributed by atoms with van der Waals surface area (Å²) in [6.07, 6.45) is 1.03. The Bertz CT molecular complexity index is 1770. The quantitative estimate of drug-likeness (QED) is 0.0391. The van der Waals surface area contributed by atoms with Crippen LogP contribution >= 0.6 is 20.0 Å². The molecule has 0 aliphatic rings. The maximum absolute atomic E-state index is 14.9. The Balaban J connectivity index is 0.0000132. The molecule has 5 atom stereocenters. The smallest absolute Gasteiger partial charge is 0.354 e. The number of ether oxygens (including phenoxy) is 2. The van der Waals surface area contributed by atoms with Gasteiger partial charge in [0, 0.05) is 5.56 Å². The zero-order chi connectivity index (χ0) is 45.0. The van der Waals surface area contributed by atoms with Crippen LogP contribution in [-0.4, -0.2) is 86.0 Å². The molecular formula is C45H65ClN5O10P. The Morgan fingerprint density at radius 3 is 1.32 bits per heavy atom. The zero-order valence-corrected chi connectivity index (χ0v) is 38.2. The molecule has 0 spiro atoms. The van der Waals surface area contributed by atoms with E-state index >= 15 is 0 Å². The number of amides is 3. The minimum atomic E-state index is -4.56. The molecule has 0 aromatic heterocycles. The van der Waals surface area contributed by atoms with Crippen LogP contribution in [0.4, 0.5) is 0 Å². The van der Waals surface area contributed by atoms with E-state index in [1.165, 1.54) is 12.1 Å². The molecule has 0 aliphatic carbocycles. The van der Waals surface area contributed by atoms with Crippen LogP contribution in [0.1, 0.15) is 75.9 Å². The molecule has 0 saturated carbocycles. The molecule has 0 bridgehead atoms. The normalized spacial score (nSPS) is 13.9. The van der Waals surface area contributed by atoms with Crippen LogP contribution in [-0.2, 0) is 55.1 Å². The van der Waals surface area contributed by atoms with Crippen molar-refractivity contribution in [2.75, 3.05) is 26.4 Å². The van der Waals surface area contributed by atoms with E-state index in [2.05, 4.69) is 16.0 Å². The van der Waals surface area contributed by atoms with E-state index in [-0.39, 0.29) is 69.1 Å². The molecule has 17 heteroatoms. The summed E-state index contributed by atoms with van der Waals surface area (Å²) in [4.78, 5) is 69.7. The van der Waals surface area contributed by atoms with Crippen molar-refractivity contribution < 1.29 is 47.1 Å². The Morgan fingerprint density at radius 2 is 0.968 bits per heavy atom. The molecule has 0 aliphatic heterocycles. The molecule has 1 unspecified atom stereocenters. The molecule has 3 rings (SSSR count). The summed E-state index contributed by atoms with van der Waals surface area (Å²) in [5, 5.41) is 8.31. The molecule has 15 nitrogen and oxygen atoms in total. The number of carbonyl (C=O) groups excluding carboxylic acids is 5. The Kier molecular flexibility index (Phi) is 23.7. The van der Waals surface area contributed by atoms with Gasteiger partial charge in [-0.25, -0.2) is 0 Å². The highest BCUT2D eigenvalue weighted by molar-refractivity contribution is 7.54. The highest BCUT2D eigenvalue weighted by Crippen LogP contribution is 2.54. The van der Waals surface area contributed by atoms with Crippen LogP contribution in [0.3, 0.4) is 0 Å². The summed E-state index contributed by atoms with van der Waals surface area (Å²) in [7, 11) is -4.56. The fourth-order valence-electron chi connectivity index (χ4n) is 6.59. The third-order valence-corrected chi connectivity index (χ3v) is 11.8. The molecule has 7 N–H and O–H groups in total. The van der Waals surface area contributed by atoms with Crippen molar-refractivity contribution in [3.05, 3.63) is 108 Å². The number of halogens is 1. The summed E-state index contributed by atoms with van der Waals surface area (Å²) in [5.41, 5.74) is 13.9. The molecule has 62 heavy (non-hydrogen) atoms. The van der Waals surface area contributed by atoms with Crippen LogP contribution in [0, 0.1) is 17.8 Å². The van der Waals surface area contributed by atoms with Crippen molar-refractivity contribution in [3.63, 3.8) is 0 Å². The Hall–Kier alpha value is -4.63. The second-order valence-electron chi connectivity index (χ2n) is 15.7. The van der Waals surface area contributed by atoms with Crippen molar-refractivity contribution in [2.45, 2.75) is 97.2 Å². The monoisotopic (exact) mass is 901 g/mol. The van der Waals surface area contributed by atoms with Crippen LogP contribution in [0.5, 0.6) is 0 Å². The largest absolute Gasteiger partial charge is 0.462 e. The van der Waals surface area contributed by atoms with Gasteiger partial charge in [0.1, 0.15) is 31.2 Å². The lowest BCUT2D eigenvalue weighted by molar-refractivity contribution is -0.148. The fraction of sp³-hybridized carbons (Fsp3) is 0.489. The summed E-state index contributed by atoms with van der Waals surface area (Å²) in [6, 6.07) is 22.4. The van der Waals surface area contributed by atoms with Crippen LogP contribution in [0.15, 0.2) is 91.0 Å². The first-order chi connectivity index (χ1) is 29.1. The standard InChI is InChI=1S/C45H64N5O10P.ClH/c1-7-59-61(56,60-8-2)43(50-40(51)34-22-16-11-17-23-34)39(41(52)48-35(26-32-18-12-9-13-19-32)28-57-44(54)37(46)24-30(3)4)42(53)49-36(27-33-20-14-10-15-21-33)29-58-45(55)38(47)25-31(5)6;/h9-23,30-31,35-39,43H,7-8,24-29,46-47H2,1-6H3,(H,48,52)(H,49,53)(H,50,51);1H/t35-,36-,37-,38-,43?;/m0./s1. The molecule has 342 valence electrons. The molecule has 0 fully saturated rings. The van der Waals surface area contributed by atoms with Gasteiger partial charge in [0.2, 0.25) is 11.8 Å². The fourth-order valence-corrected chi connectivity index (χ4v) is 8.61. The SMILES string of the molecule is CCOP(=O)(OCC)C(NC(=O)c1ccccc1)C(C(=O)N[C@H](COC(=O)[C@@H](N)CC(C)C)Cc1ccccc1)C(=O)N[C@H](COC(=O)[C@@H](N)CC(C)C)Cc1ccccc1.Cl. The van der Waals surface area contributed by atoms with E-state index < -0.39 is 73.1 Å². The first kappa shape index (κ1) is 53.5. The summed E-state index contributed by atoms with van der Waals surface area (Å²) in [5.74, 6) is -7.76. The van der Waals surface area contributed by atoms with Crippen molar-refractivity contribution in [2.24, 2.45) is 29.2 Å². The van der Waals surface area contributed by atoms with Crippen molar-refractivity contribution >= 4 is 49.7 Å². The van der Waals surface area contributed by atoms with Crippen molar-refractivity contribution in [1.82, 2.24) is 16.0 Å². The van der Waals surface area contributed by atoms with E-state index in [1.54, 1.807) is 56.3 Å². The molecule has 3 aromatic rings. The van der Waals surface area contributed by atoms with Crippen molar-refractivity contribution in [1.29, 1.82) is 0 Å². The number of rotatable bonds is 26. The molecule has 3 amide bonds. The van der Waals surface area contributed by atoms with Crippen LogP contribution < -0.4 is 27.4 Å². The van der Waals surface area contributed by atoms with E-state index in [9.17, 15) is 28.5 Å². The van der Waals surface area contributed by atoms with Gasteiger partial charge in [0.15, 0.2) is 5.78 Å². The van der Waals surface area contributed by atoms with E-state index in [1.807, 2.05) is 64.1 Å². The second-order valence-corrected chi connectivity index (χ2v) is 17.8. The molecule has 3 aromatic carbocycles. The van der Waals surface area contributed by atoms with Gasteiger partial charge in [-0.2, -0.15) is 0 Å². The number of nitrogens with one attached hydrogen (secondary N) is 3. The minimum Gasteiger partial charge on any atom is -0.462 e. The average Bonchev–Trinajstić information content (AvgIpc) is 3.22. The van der Waals surface area contributed by atoms with Gasteiger partial charge in [-0.05, 0) is 74.6 Å². The highest BCUT2D eigenvalue weighted by Gasteiger charge is 2.50. The lowest BCUT2D eigenvalue weighted by atomic mass is 10.0. The Labute approximate surface area is 372 Å². The molecule has 0 heterocycles. The van der Waals surface area contributed by atoms with E-state index in [0.29, 0.717) is 12.8 Å². The predicted molar refractivity (Wildman–Crippen MR) is 240 cm³/mol. The molecular weight excluding hydrogens is 837 g/mol. The van der Waals surface area contributed by atoms with Gasteiger partial charge in [-0.3, -0.25) is 28.5 Å². The number of benzene rings is 3. The highest BCUT2D eigenvalue weighted by atomic mass is 35.5. The molecule has 0 saturated heterocycles. The van der Waals surface area contributed by atoms with Gasteiger partial charge in [0.25, 0.3) is 5.91 Å². The van der Waals surface area contributed by atoms with Gasteiger partial charge in [-0.1, -0.05) is 107 Å². The van der Waals surface area contributed by atoms with Gasteiger partial charge < -0.3 is 45.9 Å². The topological polar surface area (TPSA) is 227 Å².